The number of hydrogen-bond acceptors (Lipinski definition) is 6. The number of aliphatic hydroxyl groups excluding tert-OH is 1. The average Bonchev–Trinajstić information content (AvgIpc) is 2.51. The Morgan fingerprint density at radius 1 is 1.19 bits per heavy atom. The summed E-state index contributed by atoms with van der Waals surface area (Å²) in [5.41, 5.74) is 0.372. The van der Waals surface area contributed by atoms with Crippen LogP contribution in [0.5, 0.6) is 0 Å². The highest BCUT2D eigenvalue weighted by molar-refractivity contribution is 6.01. The quantitative estimate of drug-likeness (QED) is 0.665. The summed E-state index contributed by atoms with van der Waals surface area (Å²) in [5, 5.41) is 13.6. The van der Waals surface area contributed by atoms with Crippen molar-refractivity contribution in [1.82, 2.24) is 5.32 Å². The number of rotatable bonds is 5. The van der Waals surface area contributed by atoms with E-state index in [2.05, 4.69) is 20.1 Å². The molecule has 8 nitrogen and oxygen atoms in total. The second kappa shape index (κ2) is 7.85. The average molecular weight is 296 g/mol. The zero-order chi connectivity index (χ0) is 15.8. The van der Waals surface area contributed by atoms with Crippen molar-refractivity contribution in [3.8, 4) is 0 Å². The van der Waals surface area contributed by atoms with Gasteiger partial charge in [-0.25, -0.2) is 14.4 Å². The number of nitrogens with one attached hydrogen (secondary N) is 2. The zero-order valence-corrected chi connectivity index (χ0v) is 11.6. The largest absolute Gasteiger partial charge is 0.467 e. The Kier molecular flexibility index (Phi) is 6.15. The zero-order valence-electron chi connectivity index (χ0n) is 11.6. The first-order valence-corrected chi connectivity index (χ1v) is 5.97. The second-order valence-corrected chi connectivity index (χ2v) is 3.89. The molecule has 0 aliphatic carbocycles. The van der Waals surface area contributed by atoms with Gasteiger partial charge in [0.25, 0.3) is 0 Å². The van der Waals surface area contributed by atoms with E-state index in [1.54, 1.807) is 12.1 Å². The number of methoxy groups -OCH3 is 2. The molecule has 114 valence electrons. The molecule has 21 heavy (non-hydrogen) atoms. The molecule has 1 aromatic carbocycles. The summed E-state index contributed by atoms with van der Waals surface area (Å²) in [6.45, 7) is -0.612. The van der Waals surface area contributed by atoms with Crippen molar-refractivity contribution in [2.24, 2.45) is 0 Å². The highest BCUT2D eigenvalue weighted by Gasteiger charge is 2.21. The third-order valence-corrected chi connectivity index (χ3v) is 2.55. The summed E-state index contributed by atoms with van der Waals surface area (Å²) in [5.74, 6) is -1.40. The second-order valence-electron chi connectivity index (χ2n) is 3.89. The highest BCUT2D eigenvalue weighted by atomic mass is 16.5. The van der Waals surface area contributed by atoms with Crippen LogP contribution in [0.2, 0.25) is 0 Å². The van der Waals surface area contributed by atoms with Crippen molar-refractivity contribution in [3.63, 3.8) is 0 Å². The van der Waals surface area contributed by atoms with Crippen molar-refractivity contribution >= 4 is 23.7 Å². The predicted molar refractivity (Wildman–Crippen MR) is 72.8 cm³/mol. The Balaban J connectivity index is 2.79. The Morgan fingerprint density at radius 2 is 1.86 bits per heavy atom. The Bertz CT molecular complexity index is 531. The number of para-hydroxylation sites is 1. The minimum absolute atomic E-state index is 0.161. The van der Waals surface area contributed by atoms with Crippen LogP contribution in [-0.2, 0) is 14.3 Å². The van der Waals surface area contributed by atoms with Gasteiger partial charge in [0.1, 0.15) is 0 Å². The van der Waals surface area contributed by atoms with Gasteiger partial charge >= 0.3 is 18.0 Å². The number of ether oxygens (including phenoxy) is 2. The van der Waals surface area contributed by atoms with Crippen LogP contribution in [0.1, 0.15) is 10.4 Å². The maximum Gasteiger partial charge on any atom is 0.339 e. The van der Waals surface area contributed by atoms with E-state index in [1.807, 2.05) is 0 Å². The first kappa shape index (κ1) is 16.4. The molecule has 0 radical (unpaired) electrons. The fourth-order valence-corrected chi connectivity index (χ4v) is 1.52. The molecule has 1 atom stereocenters. The van der Waals surface area contributed by atoms with Gasteiger partial charge < -0.3 is 25.2 Å². The number of anilines is 1. The smallest absolute Gasteiger partial charge is 0.339 e. The number of hydrogen-bond donors (Lipinski definition) is 3. The van der Waals surface area contributed by atoms with Crippen molar-refractivity contribution in [2.45, 2.75) is 6.04 Å². The normalized spacial score (nSPS) is 11.2. The lowest BCUT2D eigenvalue weighted by molar-refractivity contribution is -0.143. The molecule has 0 aliphatic heterocycles. The number of amides is 2. The van der Waals surface area contributed by atoms with Crippen LogP contribution in [0.3, 0.4) is 0 Å². The van der Waals surface area contributed by atoms with Crippen molar-refractivity contribution in [1.29, 1.82) is 0 Å². The maximum atomic E-state index is 11.8. The minimum atomic E-state index is -1.19. The molecule has 0 aromatic heterocycles. The highest BCUT2D eigenvalue weighted by Crippen LogP contribution is 2.15. The maximum absolute atomic E-state index is 11.8. The van der Waals surface area contributed by atoms with Crippen LogP contribution in [0.25, 0.3) is 0 Å². The van der Waals surface area contributed by atoms with Crippen LogP contribution in [0, 0.1) is 0 Å². The lowest BCUT2D eigenvalue weighted by Gasteiger charge is -2.15. The summed E-state index contributed by atoms with van der Waals surface area (Å²) in [6, 6.07) is 4.24. The van der Waals surface area contributed by atoms with Gasteiger partial charge in [-0.15, -0.1) is 0 Å². The molecule has 1 unspecified atom stereocenters. The summed E-state index contributed by atoms with van der Waals surface area (Å²) in [7, 11) is 2.36. The number of aliphatic hydroxyl groups is 1. The fourth-order valence-electron chi connectivity index (χ4n) is 1.52. The number of benzene rings is 1. The first-order chi connectivity index (χ1) is 10.0. The Hall–Kier alpha value is -2.61. The van der Waals surface area contributed by atoms with Gasteiger partial charge in [0.05, 0.1) is 32.1 Å². The van der Waals surface area contributed by atoms with Gasteiger partial charge in [-0.2, -0.15) is 0 Å². The molecule has 0 bridgehead atoms. The molecule has 0 spiro atoms. The van der Waals surface area contributed by atoms with Crippen LogP contribution < -0.4 is 10.6 Å². The van der Waals surface area contributed by atoms with Gasteiger partial charge in [-0.3, -0.25) is 0 Å². The van der Waals surface area contributed by atoms with E-state index in [9.17, 15) is 14.4 Å². The van der Waals surface area contributed by atoms with Crippen LogP contribution in [-0.4, -0.2) is 49.9 Å². The Labute approximate surface area is 121 Å². The van der Waals surface area contributed by atoms with Crippen molar-refractivity contribution in [3.05, 3.63) is 29.8 Å². The molecule has 0 aliphatic rings. The molecule has 3 N–H and O–H groups in total. The lowest BCUT2D eigenvalue weighted by Crippen LogP contribution is -2.46. The van der Waals surface area contributed by atoms with E-state index < -0.39 is 30.6 Å². The minimum Gasteiger partial charge on any atom is -0.467 e. The van der Waals surface area contributed by atoms with E-state index >= 15 is 0 Å². The van der Waals surface area contributed by atoms with Gasteiger partial charge in [-0.05, 0) is 12.1 Å². The summed E-state index contributed by atoms with van der Waals surface area (Å²) < 4.78 is 9.01. The molecule has 8 heteroatoms. The number of esters is 2. The van der Waals surface area contributed by atoms with Gasteiger partial charge in [-0.1, -0.05) is 12.1 Å². The summed E-state index contributed by atoms with van der Waals surface area (Å²) >= 11 is 0. The fraction of sp³-hybridized carbons (Fsp3) is 0.308. The van der Waals surface area contributed by atoms with E-state index in [0.29, 0.717) is 0 Å². The molecule has 1 rings (SSSR count). The molecule has 0 heterocycles. The number of carbonyl (C=O) groups is 3. The predicted octanol–water partition coefficient (Wildman–Crippen LogP) is 0.129. The third kappa shape index (κ3) is 4.46. The molecule has 0 saturated heterocycles. The molecular weight excluding hydrogens is 280 g/mol. The summed E-state index contributed by atoms with van der Waals surface area (Å²) in [4.78, 5) is 34.6. The topological polar surface area (TPSA) is 114 Å². The van der Waals surface area contributed by atoms with Crippen LogP contribution in [0.15, 0.2) is 24.3 Å². The van der Waals surface area contributed by atoms with Gasteiger partial charge in [0.15, 0.2) is 6.04 Å². The third-order valence-electron chi connectivity index (χ3n) is 2.55. The van der Waals surface area contributed by atoms with E-state index in [1.165, 1.54) is 19.2 Å². The van der Waals surface area contributed by atoms with Crippen LogP contribution >= 0.6 is 0 Å². The van der Waals surface area contributed by atoms with Crippen molar-refractivity contribution in [2.75, 3.05) is 26.1 Å². The molecule has 0 saturated carbocycles. The standard InChI is InChI=1S/C13H16N2O6/c1-20-11(17)8-5-3-4-6-9(8)14-13(19)15-10(7-16)12(18)21-2/h3-6,10,16H,7H2,1-2H3,(H2,14,15,19). The SMILES string of the molecule is COC(=O)c1ccccc1NC(=O)NC(CO)C(=O)OC. The lowest BCUT2D eigenvalue weighted by atomic mass is 10.2. The summed E-state index contributed by atoms with van der Waals surface area (Å²) in [6.07, 6.45) is 0. The van der Waals surface area contributed by atoms with E-state index in [4.69, 9.17) is 5.11 Å². The molecule has 2 amide bonds. The Morgan fingerprint density at radius 3 is 2.43 bits per heavy atom. The van der Waals surface area contributed by atoms with Gasteiger partial charge in [0.2, 0.25) is 0 Å². The van der Waals surface area contributed by atoms with E-state index in [-0.39, 0.29) is 11.3 Å². The molecule has 1 aromatic rings. The molecule has 0 fully saturated rings. The number of carbonyl (C=O) groups excluding carboxylic acids is 3. The van der Waals surface area contributed by atoms with Crippen LogP contribution in [0.4, 0.5) is 10.5 Å². The first-order valence-electron chi connectivity index (χ1n) is 5.97. The monoisotopic (exact) mass is 296 g/mol. The van der Waals surface area contributed by atoms with E-state index in [0.717, 1.165) is 7.11 Å². The van der Waals surface area contributed by atoms with Gasteiger partial charge in [0, 0.05) is 0 Å². The number of urea groups is 1. The molecular formula is C13H16N2O6. The van der Waals surface area contributed by atoms with Crippen molar-refractivity contribution < 1.29 is 29.0 Å².